The number of amides is 1. The van der Waals surface area contributed by atoms with Crippen LogP contribution in [0.5, 0.6) is 0 Å². The third kappa shape index (κ3) is 2.62. The Morgan fingerprint density at radius 3 is 2.71 bits per heavy atom. The Balaban J connectivity index is 1.49. The van der Waals surface area contributed by atoms with Gasteiger partial charge in [0, 0.05) is 29.4 Å². The first kappa shape index (κ1) is 15.7. The number of hydrogen-bond acceptors (Lipinski definition) is 3. The highest BCUT2D eigenvalue weighted by molar-refractivity contribution is 7.20. The summed E-state index contributed by atoms with van der Waals surface area (Å²) < 4.78 is 1.84. The largest absolute Gasteiger partial charge is 0.350 e. The first-order valence-corrected chi connectivity index (χ1v) is 9.15. The van der Waals surface area contributed by atoms with E-state index >= 15 is 0 Å². The molecule has 4 nitrogen and oxygen atoms in total. The number of aryl methyl sites for hydroxylation is 2. The number of carbonyl (C=O) groups is 1. The number of thiophene rings is 1. The van der Waals surface area contributed by atoms with Crippen molar-refractivity contribution in [3.05, 3.63) is 51.5 Å². The topological polar surface area (TPSA) is 46.9 Å². The van der Waals surface area contributed by atoms with Gasteiger partial charge < -0.3 is 5.32 Å². The molecule has 24 heavy (non-hydrogen) atoms. The zero-order chi connectivity index (χ0) is 16.9. The van der Waals surface area contributed by atoms with Crippen LogP contribution in [0.2, 0.25) is 5.02 Å². The first-order chi connectivity index (χ1) is 11.5. The second-order valence-corrected chi connectivity index (χ2v) is 7.98. The monoisotopic (exact) mass is 359 g/mol. The fourth-order valence-electron chi connectivity index (χ4n) is 3.18. The van der Waals surface area contributed by atoms with Gasteiger partial charge >= 0.3 is 0 Å². The summed E-state index contributed by atoms with van der Waals surface area (Å²) in [7, 11) is 1.91. The Bertz CT molecular complexity index is 887. The molecular weight excluding hydrogens is 342 g/mol. The van der Waals surface area contributed by atoms with E-state index in [0.29, 0.717) is 6.54 Å². The van der Waals surface area contributed by atoms with Crippen LogP contribution in [0.25, 0.3) is 10.2 Å². The van der Waals surface area contributed by atoms with Gasteiger partial charge in [-0.25, -0.2) is 0 Å². The number of fused-ring (bicyclic) bond motifs is 1. The van der Waals surface area contributed by atoms with Crippen molar-refractivity contribution in [2.45, 2.75) is 25.2 Å². The van der Waals surface area contributed by atoms with Gasteiger partial charge in [-0.15, -0.1) is 11.3 Å². The molecule has 1 aliphatic carbocycles. The lowest BCUT2D eigenvalue weighted by molar-refractivity contribution is 0.0954. The van der Waals surface area contributed by atoms with Gasteiger partial charge in [0.1, 0.15) is 4.83 Å². The average molecular weight is 360 g/mol. The van der Waals surface area contributed by atoms with Crippen LogP contribution >= 0.6 is 22.9 Å². The maximum atomic E-state index is 12.5. The zero-order valence-corrected chi connectivity index (χ0v) is 15.2. The lowest BCUT2D eigenvalue weighted by atomic mass is 9.96. The number of hydrogen-bond donors (Lipinski definition) is 1. The van der Waals surface area contributed by atoms with Crippen LogP contribution < -0.4 is 5.32 Å². The smallest absolute Gasteiger partial charge is 0.261 e. The van der Waals surface area contributed by atoms with E-state index in [9.17, 15) is 4.79 Å². The van der Waals surface area contributed by atoms with Crippen molar-refractivity contribution in [1.82, 2.24) is 15.1 Å². The van der Waals surface area contributed by atoms with E-state index in [1.165, 1.54) is 16.9 Å². The van der Waals surface area contributed by atoms with Gasteiger partial charge in [0.2, 0.25) is 0 Å². The van der Waals surface area contributed by atoms with E-state index < -0.39 is 0 Å². The third-order valence-corrected chi connectivity index (χ3v) is 6.27. The van der Waals surface area contributed by atoms with Crippen molar-refractivity contribution in [1.29, 1.82) is 0 Å². The second kappa shape index (κ2) is 5.60. The van der Waals surface area contributed by atoms with Crippen LogP contribution in [-0.2, 0) is 12.5 Å². The highest BCUT2D eigenvalue weighted by Crippen LogP contribution is 2.47. The maximum absolute atomic E-state index is 12.5. The number of aromatic nitrogens is 2. The molecule has 0 unspecified atom stereocenters. The molecule has 0 atom stereocenters. The summed E-state index contributed by atoms with van der Waals surface area (Å²) in [5, 5.41) is 9.30. The van der Waals surface area contributed by atoms with E-state index in [0.717, 1.165) is 38.7 Å². The number of carbonyl (C=O) groups excluding carboxylic acids is 1. The zero-order valence-electron chi connectivity index (χ0n) is 13.6. The van der Waals surface area contributed by atoms with Crippen molar-refractivity contribution in [2.24, 2.45) is 7.05 Å². The molecule has 0 bridgehead atoms. The Morgan fingerprint density at radius 1 is 1.38 bits per heavy atom. The minimum atomic E-state index is -0.00385. The van der Waals surface area contributed by atoms with Gasteiger partial charge in [0.05, 0.1) is 10.6 Å². The predicted octanol–water partition coefficient (Wildman–Crippen LogP) is 4.06. The fourth-order valence-corrected chi connectivity index (χ4v) is 4.34. The van der Waals surface area contributed by atoms with Gasteiger partial charge in [-0.1, -0.05) is 23.7 Å². The highest BCUT2D eigenvalue weighted by Gasteiger charge is 2.44. The molecule has 124 valence electrons. The molecule has 1 aromatic carbocycles. The Morgan fingerprint density at radius 2 is 2.08 bits per heavy atom. The number of nitrogens with zero attached hydrogens (tertiary/aromatic N) is 2. The molecule has 1 aliphatic rings. The molecule has 0 saturated heterocycles. The molecule has 6 heteroatoms. The molecule has 0 aliphatic heterocycles. The maximum Gasteiger partial charge on any atom is 0.261 e. The van der Waals surface area contributed by atoms with Crippen LogP contribution in [0.1, 0.15) is 33.8 Å². The second-order valence-electron chi connectivity index (χ2n) is 6.51. The van der Waals surface area contributed by atoms with Gasteiger partial charge in [-0.05, 0) is 43.5 Å². The van der Waals surface area contributed by atoms with E-state index in [1.807, 2.05) is 36.9 Å². The highest BCUT2D eigenvalue weighted by atomic mass is 35.5. The van der Waals surface area contributed by atoms with Crippen molar-refractivity contribution >= 4 is 39.1 Å². The molecule has 0 spiro atoms. The first-order valence-electron chi connectivity index (χ1n) is 7.96. The summed E-state index contributed by atoms with van der Waals surface area (Å²) in [5.74, 6) is -0.00385. The molecule has 2 aromatic heterocycles. The lowest BCUT2D eigenvalue weighted by Gasteiger charge is -2.16. The van der Waals surface area contributed by atoms with Crippen LogP contribution in [0, 0.1) is 6.92 Å². The molecular formula is C18H18ClN3OS. The van der Waals surface area contributed by atoms with E-state index in [1.54, 1.807) is 0 Å². The van der Waals surface area contributed by atoms with Crippen molar-refractivity contribution in [3.8, 4) is 0 Å². The summed E-state index contributed by atoms with van der Waals surface area (Å²) in [6.45, 7) is 2.63. The lowest BCUT2D eigenvalue weighted by Crippen LogP contribution is -2.31. The molecule has 1 fully saturated rings. The van der Waals surface area contributed by atoms with Crippen LogP contribution in [0.4, 0.5) is 0 Å². The summed E-state index contributed by atoms with van der Waals surface area (Å²) in [5.41, 5.74) is 2.29. The molecule has 1 saturated carbocycles. The van der Waals surface area contributed by atoms with E-state index in [2.05, 4.69) is 22.5 Å². The van der Waals surface area contributed by atoms with Gasteiger partial charge in [0.25, 0.3) is 5.91 Å². The van der Waals surface area contributed by atoms with E-state index in [4.69, 9.17) is 11.6 Å². The van der Waals surface area contributed by atoms with Gasteiger partial charge in [0.15, 0.2) is 0 Å². The molecule has 0 radical (unpaired) electrons. The summed E-state index contributed by atoms with van der Waals surface area (Å²) in [6.07, 6.45) is 2.20. The van der Waals surface area contributed by atoms with Crippen LogP contribution in [0.15, 0.2) is 30.3 Å². The minimum absolute atomic E-state index is 0.00385. The summed E-state index contributed by atoms with van der Waals surface area (Å²) in [4.78, 5) is 14.3. The van der Waals surface area contributed by atoms with Crippen molar-refractivity contribution in [2.75, 3.05) is 6.54 Å². The Hall–Kier alpha value is -1.85. The number of halogens is 1. The minimum Gasteiger partial charge on any atom is -0.350 e. The summed E-state index contributed by atoms with van der Waals surface area (Å²) in [6, 6.07) is 9.91. The Kier molecular flexibility index (Phi) is 3.66. The van der Waals surface area contributed by atoms with Crippen LogP contribution in [0.3, 0.4) is 0 Å². The fraction of sp³-hybridized carbons (Fsp3) is 0.333. The number of benzene rings is 1. The Labute approximate surface area is 149 Å². The third-order valence-electron chi connectivity index (χ3n) is 4.82. The van der Waals surface area contributed by atoms with Gasteiger partial charge in [-0.3, -0.25) is 9.48 Å². The van der Waals surface area contributed by atoms with Gasteiger partial charge in [-0.2, -0.15) is 5.10 Å². The quantitative estimate of drug-likeness (QED) is 0.763. The summed E-state index contributed by atoms with van der Waals surface area (Å²) >= 11 is 7.46. The normalized spacial score (nSPS) is 15.6. The molecule has 1 N–H and O–H groups in total. The standard InChI is InChI=1S/C18H18ClN3OS/c1-11-14-9-15(24-17(14)22(2)21-11)16(23)20-10-18(7-8-18)12-3-5-13(19)6-4-12/h3-6,9H,7-8,10H2,1-2H3,(H,20,23). The van der Waals surface area contributed by atoms with Crippen molar-refractivity contribution in [3.63, 3.8) is 0 Å². The SMILES string of the molecule is Cc1nn(C)c2sc(C(=O)NCC3(c4ccc(Cl)cc4)CC3)cc12. The molecule has 4 rings (SSSR count). The van der Waals surface area contributed by atoms with E-state index in [-0.39, 0.29) is 11.3 Å². The molecule has 2 heterocycles. The van der Waals surface area contributed by atoms with Crippen molar-refractivity contribution < 1.29 is 4.79 Å². The molecule has 1 amide bonds. The van der Waals surface area contributed by atoms with Crippen LogP contribution in [-0.4, -0.2) is 22.2 Å². The number of nitrogens with one attached hydrogen (secondary N) is 1. The average Bonchev–Trinajstić information content (AvgIpc) is 3.13. The molecule has 3 aromatic rings. The number of rotatable bonds is 4. The predicted molar refractivity (Wildman–Crippen MR) is 98.0 cm³/mol.